The van der Waals surface area contributed by atoms with Crippen molar-refractivity contribution in [3.63, 3.8) is 0 Å². The van der Waals surface area contributed by atoms with E-state index in [4.69, 9.17) is 10.5 Å². The number of fused-ring (bicyclic) bond motifs is 1. The smallest absolute Gasteiger partial charge is 0.229 e. The average molecular weight is 242 g/mol. The molecule has 1 aliphatic rings. The lowest BCUT2D eigenvalue weighted by molar-refractivity contribution is -0.120. The summed E-state index contributed by atoms with van der Waals surface area (Å²) >= 11 is 0. The number of nitrogens with two attached hydrogens (primary N) is 1. The molecule has 18 heavy (non-hydrogen) atoms. The van der Waals surface area contributed by atoms with Crippen molar-refractivity contribution in [2.75, 3.05) is 7.11 Å². The van der Waals surface area contributed by atoms with Crippen LogP contribution in [-0.4, -0.2) is 18.0 Å². The number of pyridine rings is 1. The lowest BCUT2D eigenvalue weighted by atomic mass is 9.99. The average Bonchev–Trinajstić information content (AvgIpc) is 3.19. The Bertz CT molecular complexity index is 633. The molecule has 0 atom stereocenters. The van der Waals surface area contributed by atoms with Crippen LogP contribution in [0.25, 0.3) is 10.8 Å². The number of rotatable bonds is 3. The third-order valence-electron chi connectivity index (χ3n) is 3.64. The van der Waals surface area contributed by atoms with Gasteiger partial charge in [0.15, 0.2) is 0 Å². The van der Waals surface area contributed by atoms with E-state index >= 15 is 0 Å². The van der Waals surface area contributed by atoms with E-state index in [0.717, 1.165) is 35.1 Å². The van der Waals surface area contributed by atoms with Crippen molar-refractivity contribution >= 4 is 16.7 Å². The Morgan fingerprint density at radius 2 is 2.11 bits per heavy atom. The number of hydrogen-bond acceptors (Lipinski definition) is 3. The fourth-order valence-corrected chi connectivity index (χ4v) is 2.26. The van der Waals surface area contributed by atoms with Gasteiger partial charge in [-0.3, -0.25) is 9.78 Å². The molecule has 1 saturated carbocycles. The number of aromatic nitrogens is 1. The summed E-state index contributed by atoms with van der Waals surface area (Å²) in [5, 5.41) is 2.05. The topological polar surface area (TPSA) is 65.2 Å². The van der Waals surface area contributed by atoms with Gasteiger partial charge >= 0.3 is 0 Å². The molecule has 0 bridgehead atoms. The van der Waals surface area contributed by atoms with E-state index in [2.05, 4.69) is 4.98 Å². The second-order valence-corrected chi connectivity index (χ2v) is 4.73. The first-order chi connectivity index (χ1) is 8.65. The number of nitrogens with zero attached hydrogens (tertiary/aromatic N) is 1. The standard InChI is InChI=1S/C14H14N2O2/c1-18-11-3-2-9-7-12(16-8-10(9)6-11)14(4-5-14)13(15)17/h2-3,6-8H,4-5H2,1H3,(H2,15,17). The fraction of sp³-hybridized carbons (Fsp3) is 0.286. The summed E-state index contributed by atoms with van der Waals surface area (Å²) in [5.41, 5.74) is 5.72. The van der Waals surface area contributed by atoms with Crippen LogP contribution in [0.5, 0.6) is 5.75 Å². The van der Waals surface area contributed by atoms with Crippen LogP contribution in [0.15, 0.2) is 30.5 Å². The third kappa shape index (κ3) is 1.53. The molecule has 2 N–H and O–H groups in total. The predicted molar refractivity (Wildman–Crippen MR) is 68.4 cm³/mol. The van der Waals surface area contributed by atoms with Gasteiger partial charge in [0.1, 0.15) is 5.75 Å². The van der Waals surface area contributed by atoms with Gasteiger partial charge in [-0.25, -0.2) is 0 Å². The SMILES string of the molecule is COc1ccc2cc(C3(C(N)=O)CC3)ncc2c1. The van der Waals surface area contributed by atoms with E-state index < -0.39 is 5.41 Å². The van der Waals surface area contributed by atoms with Crippen molar-refractivity contribution < 1.29 is 9.53 Å². The van der Waals surface area contributed by atoms with Crippen LogP contribution in [0.4, 0.5) is 0 Å². The molecule has 0 unspecified atom stereocenters. The highest BCUT2D eigenvalue weighted by Crippen LogP contribution is 2.47. The summed E-state index contributed by atoms with van der Waals surface area (Å²) in [6.45, 7) is 0. The Kier molecular flexibility index (Phi) is 2.26. The van der Waals surface area contributed by atoms with E-state index in [-0.39, 0.29) is 5.91 Å². The number of carbonyl (C=O) groups excluding carboxylic acids is 1. The van der Waals surface area contributed by atoms with Gasteiger partial charge in [-0.2, -0.15) is 0 Å². The first-order valence-corrected chi connectivity index (χ1v) is 5.90. The summed E-state index contributed by atoms with van der Waals surface area (Å²) in [4.78, 5) is 15.9. The zero-order valence-corrected chi connectivity index (χ0v) is 10.1. The highest BCUT2D eigenvalue weighted by atomic mass is 16.5. The number of benzene rings is 1. The van der Waals surface area contributed by atoms with Crippen molar-refractivity contribution in [1.29, 1.82) is 0 Å². The second-order valence-electron chi connectivity index (χ2n) is 4.73. The van der Waals surface area contributed by atoms with E-state index in [1.54, 1.807) is 13.3 Å². The van der Waals surface area contributed by atoms with E-state index in [9.17, 15) is 4.79 Å². The van der Waals surface area contributed by atoms with Crippen LogP contribution in [-0.2, 0) is 10.2 Å². The number of carbonyl (C=O) groups is 1. The lowest BCUT2D eigenvalue weighted by Gasteiger charge is -2.11. The summed E-state index contributed by atoms with van der Waals surface area (Å²) in [5.74, 6) is 0.524. The molecule has 4 nitrogen and oxygen atoms in total. The number of primary amides is 1. The third-order valence-corrected chi connectivity index (χ3v) is 3.64. The highest BCUT2D eigenvalue weighted by Gasteiger charge is 2.51. The number of hydrogen-bond donors (Lipinski definition) is 1. The maximum atomic E-state index is 11.5. The van der Waals surface area contributed by atoms with Crippen molar-refractivity contribution in [2.24, 2.45) is 5.73 Å². The van der Waals surface area contributed by atoms with Crippen LogP contribution >= 0.6 is 0 Å². The summed E-state index contributed by atoms with van der Waals surface area (Å²) in [7, 11) is 1.63. The second kappa shape index (κ2) is 3.70. The van der Waals surface area contributed by atoms with Crippen LogP contribution in [0.3, 0.4) is 0 Å². The van der Waals surface area contributed by atoms with Gasteiger partial charge in [-0.05, 0) is 36.4 Å². The van der Waals surface area contributed by atoms with Crippen LogP contribution in [0, 0.1) is 0 Å². The monoisotopic (exact) mass is 242 g/mol. The molecule has 92 valence electrons. The van der Waals surface area contributed by atoms with Crippen LogP contribution in [0.1, 0.15) is 18.5 Å². The highest BCUT2D eigenvalue weighted by molar-refractivity contribution is 5.91. The molecule has 0 saturated heterocycles. The Morgan fingerprint density at radius 1 is 1.33 bits per heavy atom. The molecular weight excluding hydrogens is 228 g/mol. The van der Waals surface area contributed by atoms with Crippen molar-refractivity contribution in [1.82, 2.24) is 4.98 Å². The summed E-state index contributed by atoms with van der Waals surface area (Å²) in [6.07, 6.45) is 3.38. The van der Waals surface area contributed by atoms with Crippen LogP contribution in [0.2, 0.25) is 0 Å². The van der Waals surface area contributed by atoms with Gasteiger partial charge in [-0.15, -0.1) is 0 Å². The van der Waals surface area contributed by atoms with E-state index in [0.29, 0.717) is 0 Å². The maximum Gasteiger partial charge on any atom is 0.229 e. The van der Waals surface area contributed by atoms with Gasteiger partial charge in [0.05, 0.1) is 18.2 Å². The minimum atomic E-state index is -0.520. The molecule has 0 radical (unpaired) electrons. The Labute approximate surface area is 105 Å². The van der Waals surface area contributed by atoms with Crippen molar-refractivity contribution in [2.45, 2.75) is 18.3 Å². The summed E-state index contributed by atoms with van der Waals surface area (Å²) in [6, 6.07) is 7.74. The first kappa shape index (κ1) is 11.0. The largest absolute Gasteiger partial charge is 0.497 e. The first-order valence-electron chi connectivity index (χ1n) is 5.90. The number of methoxy groups -OCH3 is 1. The molecule has 1 heterocycles. The van der Waals surface area contributed by atoms with E-state index in [1.807, 2.05) is 24.3 Å². The van der Waals surface area contributed by atoms with Gasteiger partial charge in [-0.1, -0.05) is 6.07 Å². The fourth-order valence-electron chi connectivity index (χ4n) is 2.26. The molecule has 1 aromatic heterocycles. The molecule has 1 aliphatic carbocycles. The molecular formula is C14H14N2O2. The van der Waals surface area contributed by atoms with E-state index in [1.165, 1.54) is 0 Å². The lowest BCUT2D eigenvalue weighted by Crippen LogP contribution is -2.29. The summed E-state index contributed by atoms with van der Waals surface area (Å²) < 4.78 is 5.17. The number of ether oxygens (including phenoxy) is 1. The molecule has 1 fully saturated rings. The van der Waals surface area contributed by atoms with Crippen molar-refractivity contribution in [3.05, 3.63) is 36.2 Å². The molecule has 0 spiro atoms. The molecule has 2 aromatic rings. The van der Waals surface area contributed by atoms with Crippen LogP contribution < -0.4 is 10.5 Å². The quantitative estimate of drug-likeness (QED) is 0.891. The zero-order chi connectivity index (χ0) is 12.8. The molecule has 3 rings (SSSR count). The van der Waals surface area contributed by atoms with Gasteiger partial charge in [0, 0.05) is 11.6 Å². The molecule has 1 aromatic carbocycles. The van der Waals surface area contributed by atoms with Crippen molar-refractivity contribution in [3.8, 4) is 5.75 Å². The van der Waals surface area contributed by atoms with Gasteiger partial charge in [0.25, 0.3) is 0 Å². The Morgan fingerprint density at radius 3 is 2.72 bits per heavy atom. The molecule has 1 amide bonds. The zero-order valence-electron chi connectivity index (χ0n) is 10.1. The normalized spacial score (nSPS) is 16.5. The maximum absolute atomic E-state index is 11.5. The molecule has 0 aliphatic heterocycles. The Hall–Kier alpha value is -2.10. The number of amides is 1. The Balaban J connectivity index is 2.10. The molecule has 4 heteroatoms. The van der Waals surface area contributed by atoms with Gasteiger partial charge < -0.3 is 10.5 Å². The minimum absolute atomic E-state index is 0.275. The minimum Gasteiger partial charge on any atom is -0.497 e. The predicted octanol–water partition coefficient (Wildman–Crippen LogP) is 1.76. The van der Waals surface area contributed by atoms with Gasteiger partial charge in [0.2, 0.25) is 5.91 Å².